The molecule has 152 valence electrons. The third kappa shape index (κ3) is 6.40. The van der Waals surface area contributed by atoms with E-state index in [2.05, 4.69) is 16.0 Å². The fourth-order valence-electron chi connectivity index (χ4n) is 2.74. The molecule has 7 heteroatoms. The number of thiocarbonyl (C=S) groups is 1. The molecule has 0 aliphatic rings. The predicted octanol–water partition coefficient (Wildman–Crippen LogP) is 5.04. The van der Waals surface area contributed by atoms with E-state index >= 15 is 0 Å². The summed E-state index contributed by atoms with van der Waals surface area (Å²) in [6.45, 7) is 0. The molecule has 0 aromatic heterocycles. The maximum atomic E-state index is 12.2. The molecule has 3 aromatic carbocycles. The topological polar surface area (TPSA) is 70.2 Å². The van der Waals surface area contributed by atoms with E-state index in [-0.39, 0.29) is 16.9 Å². The van der Waals surface area contributed by atoms with Crippen LogP contribution in [0.25, 0.3) is 0 Å². The van der Waals surface area contributed by atoms with Crippen LogP contribution in [0, 0.1) is 0 Å². The lowest BCUT2D eigenvalue weighted by molar-refractivity contribution is -0.116. The van der Waals surface area contributed by atoms with E-state index < -0.39 is 0 Å². The first-order valence-corrected chi connectivity index (χ1v) is 10.1. The molecule has 0 unspecified atom stereocenters. The first kappa shape index (κ1) is 21.5. The lowest BCUT2D eigenvalue weighted by Gasteiger charge is -2.11. The summed E-state index contributed by atoms with van der Waals surface area (Å²) >= 11 is 11.2. The first-order chi connectivity index (χ1) is 14.5. The van der Waals surface area contributed by atoms with Crippen LogP contribution in [0.5, 0.6) is 0 Å². The Balaban J connectivity index is 1.48. The van der Waals surface area contributed by atoms with Crippen molar-refractivity contribution in [3.05, 3.63) is 95.0 Å². The highest BCUT2D eigenvalue weighted by atomic mass is 35.5. The van der Waals surface area contributed by atoms with Crippen LogP contribution >= 0.6 is 23.8 Å². The fraction of sp³-hybridized carbons (Fsp3) is 0.0870. The molecule has 3 N–H and O–H groups in total. The number of carbonyl (C=O) groups is 2. The number of halogens is 1. The molecule has 2 amide bonds. The average molecular weight is 438 g/mol. The molecule has 0 aliphatic heterocycles. The first-order valence-electron chi connectivity index (χ1n) is 9.32. The standard InChI is InChI=1S/C23H20ClN3O2S/c24-20-9-5-4-8-19(20)22(29)27-23(30)26-18-13-11-17(12-14-18)25-21(28)15-10-16-6-2-1-3-7-16/h1-9,11-14H,10,15H2,(H,25,28)(H2,26,27,29,30). The number of nitrogens with one attached hydrogen (secondary N) is 3. The second-order valence-corrected chi connectivity index (χ2v) is 7.31. The summed E-state index contributed by atoms with van der Waals surface area (Å²) in [5.74, 6) is -0.442. The molecule has 30 heavy (non-hydrogen) atoms. The maximum Gasteiger partial charge on any atom is 0.258 e. The predicted molar refractivity (Wildman–Crippen MR) is 125 cm³/mol. The summed E-state index contributed by atoms with van der Waals surface area (Å²) in [6, 6.07) is 23.7. The normalized spacial score (nSPS) is 10.2. The van der Waals surface area contributed by atoms with Gasteiger partial charge in [0.2, 0.25) is 5.91 Å². The van der Waals surface area contributed by atoms with E-state index in [1.807, 2.05) is 30.3 Å². The minimum absolute atomic E-state index is 0.0536. The highest BCUT2D eigenvalue weighted by Crippen LogP contribution is 2.16. The molecule has 0 saturated heterocycles. The molecule has 0 spiro atoms. The van der Waals surface area contributed by atoms with Crippen molar-refractivity contribution >= 4 is 52.1 Å². The van der Waals surface area contributed by atoms with Crippen molar-refractivity contribution in [2.24, 2.45) is 0 Å². The van der Waals surface area contributed by atoms with Crippen LogP contribution in [-0.2, 0) is 11.2 Å². The molecular formula is C23H20ClN3O2S. The number of rotatable bonds is 6. The zero-order valence-corrected chi connectivity index (χ0v) is 17.6. The van der Waals surface area contributed by atoms with Crippen LogP contribution in [0.15, 0.2) is 78.9 Å². The highest BCUT2D eigenvalue weighted by Gasteiger charge is 2.11. The Labute approximate surface area is 185 Å². The summed E-state index contributed by atoms with van der Waals surface area (Å²) in [7, 11) is 0. The summed E-state index contributed by atoms with van der Waals surface area (Å²) in [5.41, 5.74) is 2.84. The Morgan fingerprint density at radius 1 is 0.800 bits per heavy atom. The van der Waals surface area contributed by atoms with Crippen LogP contribution in [0.3, 0.4) is 0 Å². The number of carbonyl (C=O) groups excluding carboxylic acids is 2. The zero-order valence-electron chi connectivity index (χ0n) is 16.0. The van der Waals surface area contributed by atoms with Gasteiger partial charge in [0.05, 0.1) is 10.6 Å². The van der Waals surface area contributed by atoms with Gasteiger partial charge in [0.25, 0.3) is 5.91 Å². The van der Waals surface area contributed by atoms with Crippen molar-refractivity contribution in [1.29, 1.82) is 0 Å². The lowest BCUT2D eigenvalue weighted by Crippen LogP contribution is -2.34. The van der Waals surface area contributed by atoms with E-state index in [0.29, 0.717) is 34.8 Å². The molecule has 5 nitrogen and oxygen atoms in total. The maximum absolute atomic E-state index is 12.2. The monoisotopic (exact) mass is 437 g/mol. The Bertz CT molecular complexity index is 1040. The molecule has 0 saturated carbocycles. The summed E-state index contributed by atoms with van der Waals surface area (Å²) in [6.07, 6.45) is 1.09. The fourth-order valence-corrected chi connectivity index (χ4v) is 3.17. The van der Waals surface area contributed by atoms with E-state index in [0.717, 1.165) is 5.56 Å². The van der Waals surface area contributed by atoms with Gasteiger partial charge in [-0.1, -0.05) is 54.1 Å². The van der Waals surface area contributed by atoms with E-state index in [1.54, 1.807) is 48.5 Å². The van der Waals surface area contributed by atoms with Crippen molar-refractivity contribution in [2.75, 3.05) is 10.6 Å². The van der Waals surface area contributed by atoms with E-state index in [9.17, 15) is 9.59 Å². The van der Waals surface area contributed by atoms with Gasteiger partial charge in [-0.05, 0) is 60.6 Å². The molecular weight excluding hydrogens is 418 g/mol. The van der Waals surface area contributed by atoms with Gasteiger partial charge in [-0.25, -0.2) is 0 Å². The summed E-state index contributed by atoms with van der Waals surface area (Å²) in [4.78, 5) is 24.4. The second kappa shape index (κ2) is 10.5. The van der Waals surface area contributed by atoms with E-state index in [1.165, 1.54) is 0 Å². The molecule has 0 heterocycles. The highest BCUT2D eigenvalue weighted by molar-refractivity contribution is 7.80. The van der Waals surface area contributed by atoms with Gasteiger partial charge in [0, 0.05) is 17.8 Å². The molecule has 0 radical (unpaired) electrons. The second-order valence-electron chi connectivity index (χ2n) is 6.50. The molecule has 3 rings (SSSR count). The number of hydrogen-bond acceptors (Lipinski definition) is 3. The smallest absolute Gasteiger partial charge is 0.258 e. The third-order valence-corrected chi connectivity index (χ3v) is 4.79. The number of aryl methyl sites for hydroxylation is 1. The van der Waals surface area contributed by atoms with Gasteiger partial charge in [0.1, 0.15) is 0 Å². The van der Waals surface area contributed by atoms with Gasteiger partial charge >= 0.3 is 0 Å². The number of benzene rings is 3. The van der Waals surface area contributed by atoms with Gasteiger partial charge in [-0.15, -0.1) is 0 Å². The molecule has 3 aromatic rings. The SMILES string of the molecule is O=C(CCc1ccccc1)Nc1ccc(NC(=S)NC(=O)c2ccccc2Cl)cc1. The van der Waals surface area contributed by atoms with Gasteiger partial charge in [0.15, 0.2) is 5.11 Å². The molecule has 0 bridgehead atoms. The average Bonchev–Trinajstić information content (AvgIpc) is 2.74. The van der Waals surface area contributed by atoms with Crippen molar-refractivity contribution < 1.29 is 9.59 Å². The molecule has 0 fully saturated rings. The molecule has 0 aliphatic carbocycles. The number of hydrogen-bond donors (Lipinski definition) is 3. The number of anilines is 2. The summed E-state index contributed by atoms with van der Waals surface area (Å²) < 4.78 is 0. The van der Waals surface area contributed by atoms with Crippen LogP contribution in [0.1, 0.15) is 22.3 Å². The van der Waals surface area contributed by atoms with E-state index in [4.69, 9.17) is 23.8 Å². The Hall–Kier alpha value is -3.22. The Kier molecular flexibility index (Phi) is 7.54. The van der Waals surface area contributed by atoms with Crippen LogP contribution < -0.4 is 16.0 Å². The van der Waals surface area contributed by atoms with Crippen molar-refractivity contribution in [1.82, 2.24) is 5.32 Å². The van der Waals surface area contributed by atoms with Gasteiger partial charge < -0.3 is 10.6 Å². The minimum Gasteiger partial charge on any atom is -0.332 e. The summed E-state index contributed by atoms with van der Waals surface area (Å²) in [5, 5.41) is 8.90. The van der Waals surface area contributed by atoms with Gasteiger partial charge in [-0.3, -0.25) is 14.9 Å². The number of amides is 2. The van der Waals surface area contributed by atoms with Crippen LogP contribution in [0.2, 0.25) is 5.02 Å². The quantitative estimate of drug-likeness (QED) is 0.472. The Morgan fingerprint density at radius 3 is 2.07 bits per heavy atom. The Morgan fingerprint density at radius 2 is 1.40 bits per heavy atom. The van der Waals surface area contributed by atoms with Crippen LogP contribution in [-0.4, -0.2) is 16.9 Å². The minimum atomic E-state index is -0.389. The largest absolute Gasteiger partial charge is 0.332 e. The lowest BCUT2D eigenvalue weighted by atomic mass is 10.1. The van der Waals surface area contributed by atoms with Crippen molar-refractivity contribution in [2.45, 2.75) is 12.8 Å². The third-order valence-electron chi connectivity index (χ3n) is 4.26. The van der Waals surface area contributed by atoms with Crippen LogP contribution in [0.4, 0.5) is 11.4 Å². The molecule has 0 atom stereocenters. The zero-order chi connectivity index (χ0) is 21.3. The van der Waals surface area contributed by atoms with Crippen molar-refractivity contribution in [3.8, 4) is 0 Å². The van der Waals surface area contributed by atoms with Crippen molar-refractivity contribution in [3.63, 3.8) is 0 Å². The van der Waals surface area contributed by atoms with Gasteiger partial charge in [-0.2, -0.15) is 0 Å².